The number of benzene rings is 3. The first-order chi connectivity index (χ1) is 14.8. The second kappa shape index (κ2) is 6.45. The molecular weight excluding hydrogens is 379 g/mol. The van der Waals surface area contributed by atoms with Gasteiger partial charge in [0.1, 0.15) is 12.1 Å². The second-order valence-corrected chi connectivity index (χ2v) is 7.13. The molecule has 0 bridgehead atoms. The topological polar surface area (TPSA) is 60.9 Å². The Balaban J connectivity index is 1.45. The third-order valence-electron chi connectivity index (χ3n) is 5.25. The Morgan fingerprint density at radius 3 is 2.57 bits per heavy atom. The highest BCUT2D eigenvalue weighted by molar-refractivity contribution is 5.89. The molecule has 3 aromatic heterocycles. The summed E-state index contributed by atoms with van der Waals surface area (Å²) in [6.07, 6.45) is 3.98. The fraction of sp³-hybridized carbons (Fsp3) is 0.0435. The van der Waals surface area contributed by atoms with Crippen molar-refractivity contribution in [2.75, 3.05) is 0 Å². The first-order valence-electron chi connectivity index (χ1n) is 9.57. The van der Waals surface area contributed by atoms with Crippen molar-refractivity contribution >= 4 is 27.5 Å². The SMILES string of the molecule is Fc1ccc(-n2ncc3c2ncn2nc(Cc4cccc5ccccc45)nc32)cc1. The molecule has 0 aliphatic rings. The maximum Gasteiger partial charge on any atom is 0.170 e. The van der Waals surface area contributed by atoms with E-state index in [1.165, 1.54) is 28.5 Å². The van der Waals surface area contributed by atoms with Gasteiger partial charge in [0.2, 0.25) is 0 Å². The van der Waals surface area contributed by atoms with Gasteiger partial charge in [0, 0.05) is 6.42 Å². The molecule has 0 aliphatic carbocycles. The zero-order valence-electron chi connectivity index (χ0n) is 15.8. The van der Waals surface area contributed by atoms with E-state index in [0.29, 0.717) is 17.7 Å². The van der Waals surface area contributed by atoms with E-state index < -0.39 is 0 Å². The van der Waals surface area contributed by atoms with Crippen molar-refractivity contribution in [3.05, 3.63) is 96.5 Å². The van der Waals surface area contributed by atoms with Crippen LogP contribution in [0.25, 0.3) is 33.1 Å². The fourth-order valence-electron chi connectivity index (χ4n) is 3.83. The molecular formula is C23H15FN6. The minimum Gasteiger partial charge on any atom is -0.216 e. The maximum absolute atomic E-state index is 13.3. The molecule has 0 saturated heterocycles. The summed E-state index contributed by atoms with van der Waals surface area (Å²) < 4.78 is 16.6. The van der Waals surface area contributed by atoms with Crippen molar-refractivity contribution in [3.63, 3.8) is 0 Å². The predicted molar refractivity (Wildman–Crippen MR) is 112 cm³/mol. The highest BCUT2D eigenvalue weighted by Gasteiger charge is 2.14. The highest BCUT2D eigenvalue weighted by Crippen LogP contribution is 2.23. The standard InChI is InChI=1S/C23H15FN6/c24-17-8-10-18(11-9-17)30-22-20(13-26-30)23-27-21(28-29(23)14-25-22)12-16-6-3-5-15-4-1-2-7-19(15)16/h1-11,13-14H,12H2. The van der Waals surface area contributed by atoms with Gasteiger partial charge in [-0.05, 0) is 40.6 Å². The van der Waals surface area contributed by atoms with E-state index in [4.69, 9.17) is 4.98 Å². The molecule has 0 N–H and O–H groups in total. The molecule has 0 saturated carbocycles. The molecule has 0 unspecified atom stereocenters. The lowest BCUT2D eigenvalue weighted by atomic mass is 10.0. The number of aromatic nitrogens is 6. The molecule has 0 spiro atoms. The number of hydrogen-bond donors (Lipinski definition) is 0. The van der Waals surface area contributed by atoms with Gasteiger partial charge >= 0.3 is 0 Å². The molecule has 3 aromatic carbocycles. The lowest BCUT2D eigenvalue weighted by Gasteiger charge is -2.03. The molecule has 3 heterocycles. The van der Waals surface area contributed by atoms with Crippen LogP contribution in [0.1, 0.15) is 11.4 Å². The molecule has 144 valence electrons. The lowest BCUT2D eigenvalue weighted by Crippen LogP contribution is -1.99. The summed E-state index contributed by atoms with van der Waals surface area (Å²) in [5.74, 6) is 0.427. The summed E-state index contributed by atoms with van der Waals surface area (Å²) in [6.45, 7) is 0. The molecule has 0 fully saturated rings. The number of hydrogen-bond acceptors (Lipinski definition) is 4. The molecule has 0 amide bonds. The lowest BCUT2D eigenvalue weighted by molar-refractivity contribution is 0.627. The van der Waals surface area contributed by atoms with E-state index in [9.17, 15) is 4.39 Å². The van der Waals surface area contributed by atoms with Gasteiger partial charge in [0.15, 0.2) is 17.1 Å². The molecule has 6 nitrogen and oxygen atoms in total. The van der Waals surface area contributed by atoms with Gasteiger partial charge in [-0.25, -0.2) is 23.6 Å². The monoisotopic (exact) mass is 394 g/mol. The maximum atomic E-state index is 13.3. The van der Waals surface area contributed by atoms with E-state index in [-0.39, 0.29) is 5.82 Å². The third-order valence-corrected chi connectivity index (χ3v) is 5.25. The summed E-state index contributed by atoms with van der Waals surface area (Å²) in [7, 11) is 0. The Morgan fingerprint density at radius 2 is 1.67 bits per heavy atom. The normalized spacial score (nSPS) is 11.6. The van der Waals surface area contributed by atoms with Crippen LogP contribution in [0.4, 0.5) is 4.39 Å². The molecule has 30 heavy (non-hydrogen) atoms. The van der Waals surface area contributed by atoms with Crippen LogP contribution in [0.3, 0.4) is 0 Å². The Kier molecular flexibility index (Phi) is 3.61. The minimum absolute atomic E-state index is 0.291. The third kappa shape index (κ3) is 2.63. The number of halogens is 1. The zero-order valence-corrected chi connectivity index (χ0v) is 15.8. The Morgan fingerprint density at radius 1 is 0.833 bits per heavy atom. The highest BCUT2D eigenvalue weighted by atomic mass is 19.1. The van der Waals surface area contributed by atoms with Gasteiger partial charge in [-0.2, -0.15) is 5.10 Å². The molecule has 0 radical (unpaired) electrons. The molecule has 6 rings (SSSR count). The molecule has 6 aromatic rings. The van der Waals surface area contributed by atoms with Gasteiger partial charge in [0.05, 0.1) is 17.3 Å². The van der Waals surface area contributed by atoms with Crippen molar-refractivity contribution in [2.45, 2.75) is 6.42 Å². The van der Waals surface area contributed by atoms with Crippen LogP contribution in [0.2, 0.25) is 0 Å². The smallest absolute Gasteiger partial charge is 0.170 e. The molecule has 0 atom stereocenters. The van der Waals surface area contributed by atoms with E-state index in [0.717, 1.165) is 16.9 Å². The van der Waals surface area contributed by atoms with E-state index in [1.54, 1.807) is 33.9 Å². The first kappa shape index (κ1) is 16.8. The average molecular weight is 394 g/mol. The van der Waals surface area contributed by atoms with Crippen LogP contribution >= 0.6 is 0 Å². The summed E-state index contributed by atoms with van der Waals surface area (Å²) >= 11 is 0. The molecule has 0 aliphatic heterocycles. The minimum atomic E-state index is -0.291. The van der Waals surface area contributed by atoms with Gasteiger partial charge in [0.25, 0.3) is 0 Å². The van der Waals surface area contributed by atoms with E-state index in [2.05, 4.69) is 45.5 Å². The Labute approximate surface area is 170 Å². The van der Waals surface area contributed by atoms with Crippen molar-refractivity contribution < 1.29 is 4.39 Å². The quantitative estimate of drug-likeness (QED) is 0.448. The number of fused-ring (bicyclic) bond motifs is 4. The number of rotatable bonds is 3. The number of nitrogens with zero attached hydrogens (tertiary/aromatic N) is 6. The summed E-state index contributed by atoms with van der Waals surface area (Å²) in [4.78, 5) is 9.27. The fourth-order valence-corrected chi connectivity index (χ4v) is 3.83. The van der Waals surface area contributed by atoms with Crippen LogP contribution < -0.4 is 0 Å². The summed E-state index contributed by atoms with van der Waals surface area (Å²) in [5, 5.41) is 12.2. The zero-order chi connectivity index (χ0) is 20.1. The van der Waals surface area contributed by atoms with Gasteiger partial charge in [-0.3, -0.25) is 0 Å². The van der Waals surface area contributed by atoms with Crippen LogP contribution in [0.5, 0.6) is 0 Å². The summed E-state index contributed by atoms with van der Waals surface area (Å²) in [6, 6.07) is 20.7. The largest absolute Gasteiger partial charge is 0.216 e. The first-order valence-corrected chi connectivity index (χ1v) is 9.57. The van der Waals surface area contributed by atoms with E-state index >= 15 is 0 Å². The van der Waals surface area contributed by atoms with Gasteiger partial charge < -0.3 is 0 Å². The second-order valence-electron chi connectivity index (χ2n) is 7.13. The van der Waals surface area contributed by atoms with E-state index in [1.807, 2.05) is 12.1 Å². The average Bonchev–Trinajstić information content (AvgIpc) is 3.38. The van der Waals surface area contributed by atoms with Crippen LogP contribution in [-0.4, -0.2) is 29.4 Å². The van der Waals surface area contributed by atoms with Crippen molar-refractivity contribution in [2.24, 2.45) is 0 Å². The Bertz CT molecular complexity index is 1530. The van der Waals surface area contributed by atoms with Crippen LogP contribution in [0, 0.1) is 5.82 Å². The van der Waals surface area contributed by atoms with Gasteiger partial charge in [-0.15, -0.1) is 5.10 Å². The van der Waals surface area contributed by atoms with Gasteiger partial charge in [-0.1, -0.05) is 42.5 Å². The van der Waals surface area contributed by atoms with Crippen LogP contribution in [0.15, 0.2) is 79.3 Å². The van der Waals surface area contributed by atoms with Crippen LogP contribution in [-0.2, 0) is 6.42 Å². The molecule has 7 heteroatoms. The van der Waals surface area contributed by atoms with Crippen molar-refractivity contribution in [1.29, 1.82) is 0 Å². The predicted octanol–water partition coefficient (Wildman–Crippen LogP) is 4.35. The van der Waals surface area contributed by atoms with Crippen molar-refractivity contribution in [3.8, 4) is 5.69 Å². The Hall–Kier alpha value is -4.13. The van der Waals surface area contributed by atoms with Crippen molar-refractivity contribution in [1.82, 2.24) is 29.4 Å². The summed E-state index contributed by atoms with van der Waals surface area (Å²) in [5.41, 5.74) is 3.26.